The summed E-state index contributed by atoms with van der Waals surface area (Å²) >= 11 is 0. The van der Waals surface area contributed by atoms with Crippen LogP contribution in [0.1, 0.15) is 33.1 Å². The predicted molar refractivity (Wildman–Crippen MR) is 55.5 cm³/mol. The van der Waals surface area contributed by atoms with Gasteiger partial charge in [0.15, 0.2) is 0 Å². The third-order valence-corrected chi connectivity index (χ3v) is 2.44. The number of rotatable bonds is 7. The molecule has 0 aliphatic heterocycles. The van der Waals surface area contributed by atoms with Crippen LogP contribution in [-0.2, 0) is 0 Å². The zero-order valence-corrected chi connectivity index (χ0v) is 9.06. The van der Waals surface area contributed by atoms with Gasteiger partial charge >= 0.3 is 0 Å². The van der Waals surface area contributed by atoms with Gasteiger partial charge in [-0.2, -0.15) is 0 Å². The highest BCUT2D eigenvalue weighted by atomic mass is 15.1. The molecule has 1 N–H and O–H groups in total. The van der Waals surface area contributed by atoms with E-state index in [0.717, 1.165) is 6.54 Å². The number of nitrogens with zero attached hydrogens (tertiary/aromatic N) is 1. The van der Waals surface area contributed by atoms with Gasteiger partial charge in [-0.05, 0) is 40.0 Å². The third-order valence-electron chi connectivity index (χ3n) is 2.44. The van der Waals surface area contributed by atoms with Crippen molar-refractivity contribution in [2.45, 2.75) is 39.2 Å². The third kappa shape index (κ3) is 5.56. The normalized spacial score (nSPS) is 13.8. The van der Waals surface area contributed by atoms with E-state index in [0.29, 0.717) is 6.04 Å². The lowest BCUT2D eigenvalue weighted by Gasteiger charge is -2.19. The molecule has 2 nitrogen and oxygen atoms in total. The Morgan fingerprint density at radius 3 is 2.33 bits per heavy atom. The summed E-state index contributed by atoms with van der Waals surface area (Å²) in [5.41, 5.74) is 0. The van der Waals surface area contributed by atoms with E-state index in [1.54, 1.807) is 0 Å². The monoisotopic (exact) mass is 172 g/mol. The van der Waals surface area contributed by atoms with Crippen LogP contribution in [0.4, 0.5) is 0 Å². The minimum Gasteiger partial charge on any atom is -0.317 e. The van der Waals surface area contributed by atoms with Crippen molar-refractivity contribution >= 4 is 0 Å². The molecule has 0 amide bonds. The highest BCUT2D eigenvalue weighted by molar-refractivity contribution is 4.65. The molecule has 0 aliphatic rings. The van der Waals surface area contributed by atoms with E-state index in [2.05, 4.69) is 38.2 Å². The van der Waals surface area contributed by atoms with E-state index >= 15 is 0 Å². The molecule has 0 aliphatic carbocycles. The fourth-order valence-electron chi connectivity index (χ4n) is 1.32. The summed E-state index contributed by atoms with van der Waals surface area (Å²) in [7, 11) is 4.24. The molecule has 12 heavy (non-hydrogen) atoms. The smallest absolute Gasteiger partial charge is 0.00761 e. The lowest BCUT2D eigenvalue weighted by atomic mass is 10.1. The lowest BCUT2D eigenvalue weighted by molar-refractivity contribution is 0.318. The van der Waals surface area contributed by atoms with Crippen LogP contribution in [0.2, 0.25) is 0 Å². The molecule has 74 valence electrons. The van der Waals surface area contributed by atoms with Crippen LogP contribution in [0.15, 0.2) is 0 Å². The first-order valence-electron chi connectivity index (χ1n) is 5.10. The fourth-order valence-corrected chi connectivity index (χ4v) is 1.32. The van der Waals surface area contributed by atoms with Crippen LogP contribution in [0.3, 0.4) is 0 Å². The standard InChI is InChI=1S/C10H24N2/c1-5-7-10(11-3)8-9-12(4)6-2/h10-11H,5-9H2,1-4H3. The van der Waals surface area contributed by atoms with Gasteiger partial charge in [-0.1, -0.05) is 20.3 Å². The van der Waals surface area contributed by atoms with Crippen LogP contribution >= 0.6 is 0 Å². The zero-order valence-electron chi connectivity index (χ0n) is 9.06. The van der Waals surface area contributed by atoms with Gasteiger partial charge < -0.3 is 10.2 Å². The first-order valence-corrected chi connectivity index (χ1v) is 5.10. The summed E-state index contributed by atoms with van der Waals surface area (Å²) in [6.45, 7) is 6.81. The Bertz CT molecular complexity index is 93.8. The second-order valence-corrected chi connectivity index (χ2v) is 3.46. The van der Waals surface area contributed by atoms with Crippen molar-refractivity contribution in [3.8, 4) is 0 Å². The van der Waals surface area contributed by atoms with Crippen LogP contribution in [-0.4, -0.2) is 38.1 Å². The SMILES string of the molecule is CCCC(CCN(C)CC)NC. The fraction of sp³-hybridized carbons (Fsp3) is 1.00. The molecule has 0 aromatic carbocycles. The van der Waals surface area contributed by atoms with Gasteiger partial charge in [-0.25, -0.2) is 0 Å². The number of hydrogen-bond donors (Lipinski definition) is 1. The molecule has 0 saturated carbocycles. The van der Waals surface area contributed by atoms with Crippen LogP contribution in [0.25, 0.3) is 0 Å². The molecule has 0 fully saturated rings. The minimum atomic E-state index is 0.712. The molecule has 0 saturated heterocycles. The summed E-state index contributed by atoms with van der Waals surface area (Å²) in [6, 6.07) is 0.712. The lowest BCUT2D eigenvalue weighted by Crippen LogP contribution is -2.30. The van der Waals surface area contributed by atoms with Crippen LogP contribution in [0, 0.1) is 0 Å². The van der Waals surface area contributed by atoms with Crippen molar-refractivity contribution < 1.29 is 0 Å². The molecule has 0 aromatic heterocycles. The Kier molecular flexibility index (Phi) is 7.51. The molecule has 2 heteroatoms. The van der Waals surface area contributed by atoms with E-state index in [1.807, 2.05) is 0 Å². The molecule has 1 atom stereocenters. The van der Waals surface area contributed by atoms with E-state index in [4.69, 9.17) is 0 Å². The first kappa shape index (κ1) is 11.9. The summed E-state index contributed by atoms with van der Waals surface area (Å²) < 4.78 is 0. The maximum atomic E-state index is 3.36. The number of nitrogens with one attached hydrogen (secondary N) is 1. The summed E-state index contributed by atoms with van der Waals surface area (Å²) in [4.78, 5) is 2.36. The Hall–Kier alpha value is -0.0800. The Balaban J connectivity index is 3.43. The molecular weight excluding hydrogens is 148 g/mol. The molecule has 0 radical (unpaired) electrons. The largest absolute Gasteiger partial charge is 0.317 e. The van der Waals surface area contributed by atoms with Crippen molar-refractivity contribution in [2.24, 2.45) is 0 Å². The molecule has 0 aromatic rings. The molecule has 0 rings (SSSR count). The van der Waals surface area contributed by atoms with Gasteiger partial charge in [0.05, 0.1) is 0 Å². The minimum absolute atomic E-state index is 0.712. The van der Waals surface area contributed by atoms with E-state index in [1.165, 1.54) is 25.8 Å². The average Bonchev–Trinajstić information content (AvgIpc) is 2.11. The quantitative estimate of drug-likeness (QED) is 0.629. The Morgan fingerprint density at radius 1 is 1.25 bits per heavy atom. The van der Waals surface area contributed by atoms with Gasteiger partial charge in [-0.15, -0.1) is 0 Å². The summed E-state index contributed by atoms with van der Waals surface area (Å²) in [5, 5.41) is 3.36. The highest BCUT2D eigenvalue weighted by Crippen LogP contribution is 2.01. The topological polar surface area (TPSA) is 15.3 Å². The van der Waals surface area contributed by atoms with Gasteiger partial charge in [0.25, 0.3) is 0 Å². The molecule has 1 unspecified atom stereocenters. The highest BCUT2D eigenvalue weighted by Gasteiger charge is 2.04. The molecule has 0 spiro atoms. The number of hydrogen-bond acceptors (Lipinski definition) is 2. The maximum Gasteiger partial charge on any atom is 0.00761 e. The van der Waals surface area contributed by atoms with Crippen LogP contribution in [0.5, 0.6) is 0 Å². The van der Waals surface area contributed by atoms with Crippen LogP contribution < -0.4 is 5.32 Å². The maximum absolute atomic E-state index is 3.36. The van der Waals surface area contributed by atoms with Gasteiger partial charge in [0.2, 0.25) is 0 Å². The summed E-state index contributed by atoms with van der Waals surface area (Å²) in [6.07, 6.45) is 3.85. The van der Waals surface area contributed by atoms with Crippen molar-refractivity contribution in [1.82, 2.24) is 10.2 Å². The molecular formula is C10H24N2. The predicted octanol–water partition coefficient (Wildman–Crippen LogP) is 1.72. The van der Waals surface area contributed by atoms with E-state index in [-0.39, 0.29) is 0 Å². The van der Waals surface area contributed by atoms with E-state index in [9.17, 15) is 0 Å². The summed E-state index contributed by atoms with van der Waals surface area (Å²) in [5.74, 6) is 0. The average molecular weight is 172 g/mol. The van der Waals surface area contributed by atoms with Crippen molar-refractivity contribution in [1.29, 1.82) is 0 Å². The Morgan fingerprint density at radius 2 is 1.92 bits per heavy atom. The molecule has 0 bridgehead atoms. The van der Waals surface area contributed by atoms with Gasteiger partial charge in [0.1, 0.15) is 0 Å². The van der Waals surface area contributed by atoms with Crippen molar-refractivity contribution in [2.75, 3.05) is 27.2 Å². The van der Waals surface area contributed by atoms with Crippen molar-refractivity contribution in [3.63, 3.8) is 0 Å². The second-order valence-electron chi connectivity index (χ2n) is 3.46. The second kappa shape index (κ2) is 7.56. The van der Waals surface area contributed by atoms with Gasteiger partial charge in [0, 0.05) is 6.04 Å². The zero-order chi connectivity index (χ0) is 9.40. The first-order chi connectivity index (χ1) is 5.74. The van der Waals surface area contributed by atoms with Crippen molar-refractivity contribution in [3.05, 3.63) is 0 Å². The van der Waals surface area contributed by atoms with E-state index < -0.39 is 0 Å². The Labute approximate surface area is 77.3 Å². The van der Waals surface area contributed by atoms with Gasteiger partial charge in [-0.3, -0.25) is 0 Å². The molecule has 0 heterocycles.